The predicted molar refractivity (Wildman–Crippen MR) is 69.1 cm³/mol. The first kappa shape index (κ1) is 13.3. The van der Waals surface area contributed by atoms with Gasteiger partial charge in [0, 0.05) is 23.7 Å². The topological polar surface area (TPSA) is 81.2 Å². The van der Waals surface area contributed by atoms with Gasteiger partial charge in [-0.25, -0.2) is 4.79 Å². The number of hydrogen-bond donors (Lipinski definition) is 1. The second kappa shape index (κ2) is 4.53. The SMILES string of the molecule is CCn1cc(-c2noc(C(C)(C)C)c2C(=O)O)cn1. The normalized spacial score (nSPS) is 11.8. The van der Waals surface area contributed by atoms with Gasteiger partial charge in [-0.2, -0.15) is 5.10 Å². The third-order valence-corrected chi connectivity index (χ3v) is 2.82. The number of nitrogens with zero attached hydrogens (tertiary/aromatic N) is 3. The number of carboxylic acids is 1. The average Bonchev–Trinajstić information content (AvgIpc) is 2.94. The molecule has 0 radical (unpaired) electrons. The lowest BCUT2D eigenvalue weighted by molar-refractivity contribution is 0.0693. The molecule has 0 amide bonds. The van der Waals surface area contributed by atoms with E-state index in [1.807, 2.05) is 27.7 Å². The van der Waals surface area contributed by atoms with Crippen molar-refractivity contribution in [3.8, 4) is 11.3 Å². The Morgan fingerprint density at radius 1 is 1.47 bits per heavy atom. The number of aromatic carboxylic acids is 1. The van der Waals surface area contributed by atoms with E-state index in [0.29, 0.717) is 23.6 Å². The molecule has 1 N–H and O–H groups in total. The van der Waals surface area contributed by atoms with Gasteiger partial charge in [-0.05, 0) is 6.92 Å². The van der Waals surface area contributed by atoms with E-state index in [9.17, 15) is 9.90 Å². The molecule has 0 bridgehead atoms. The zero-order chi connectivity index (χ0) is 14.2. The lowest BCUT2D eigenvalue weighted by Gasteiger charge is -2.14. The number of hydrogen-bond acceptors (Lipinski definition) is 4. The molecule has 0 aromatic carbocycles. The highest BCUT2D eigenvalue weighted by Crippen LogP contribution is 2.32. The van der Waals surface area contributed by atoms with E-state index in [2.05, 4.69) is 10.3 Å². The number of aromatic nitrogens is 3. The van der Waals surface area contributed by atoms with Crippen LogP contribution in [0.4, 0.5) is 0 Å². The van der Waals surface area contributed by atoms with Gasteiger partial charge in [-0.1, -0.05) is 25.9 Å². The molecule has 0 aliphatic rings. The molecule has 0 spiro atoms. The van der Waals surface area contributed by atoms with Gasteiger partial charge in [0.2, 0.25) is 0 Å². The molecule has 0 aliphatic heterocycles. The Morgan fingerprint density at radius 3 is 2.63 bits per heavy atom. The van der Waals surface area contributed by atoms with E-state index in [1.165, 1.54) is 0 Å². The monoisotopic (exact) mass is 263 g/mol. The minimum atomic E-state index is -1.04. The number of aryl methyl sites for hydroxylation is 1. The predicted octanol–water partition coefficient (Wildman–Crippen LogP) is 2.55. The summed E-state index contributed by atoms with van der Waals surface area (Å²) in [5, 5.41) is 17.4. The van der Waals surface area contributed by atoms with Crippen LogP contribution < -0.4 is 0 Å². The van der Waals surface area contributed by atoms with Crippen molar-refractivity contribution in [2.24, 2.45) is 0 Å². The van der Waals surface area contributed by atoms with Gasteiger partial charge < -0.3 is 9.63 Å². The molecule has 19 heavy (non-hydrogen) atoms. The highest BCUT2D eigenvalue weighted by Gasteiger charge is 2.31. The van der Waals surface area contributed by atoms with Crippen molar-refractivity contribution >= 4 is 5.97 Å². The molecule has 0 saturated carbocycles. The van der Waals surface area contributed by atoms with Crippen LogP contribution in [-0.4, -0.2) is 26.0 Å². The molecule has 2 heterocycles. The second-order valence-corrected chi connectivity index (χ2v) is 5.38. The molecule has 0 saturated heterocycles. The first-order valence-corrected chi connectivity index (χ1v) is 6.11. The molecule has 0 unspecified atom stereocenters. The fourth-order valence-electron chi connectivity index (χ4n) is 1.86. The quantitative estimate of drug-likeness (QED) is 0.920. The number of carbonyl (C=O) groups is 1. The number of rotatable bonds is 3. The summed E-state index contributed by atoms with van der Waals surface area (Å²) in [6.45, 7) is 8.34. The minimum absolute atomic E-state index is 0.114. The van der Waals surface area contributed by atoms with Crippen molar-refractivity contribution < 1.29 is 14.4 Å². The summed E-state index contributed by atoms with van der Waals surface area (Å²) in [6, 6.07) is 0. The van der Waals surface area contributed by atoms with Crippen LogP contribution in [0.5, 0.6) is 0 Å². The van der Waals surface area contributed by atoms with E-state index in [0.717, 1.165) is 0 Å². The molecule has 2 aromatic heterocycles. The Kier molecular flexibility index (Phi) is 3.18. The van der Waals surface area contributed by atoms with Gasteiger partial charge in [0.05, 0.1) is 6.20 Å². The summed E-state index contributed by atoms with van der Waals surface area (Å²) >= 11 is 0. The van der Waals surface area contributed by atoms with Gasteiger partial charge in [0.25, 0.3) is 0 Å². The zero-order valence-electron chi connectivity index (χ0n) is 11.5. The molecular formula is C13H17N3O3. The lowest BCUT2D eigenvalue weighted by atomic mass is 9.89. The van der Waals surface area contributed by atoms with Crippen LogP contribution in [0, 0.1) is 0 Å². The van der Waals surface area contributed by atoms with Crippen LogP contribution >= 0.6 is 0 Å². The summed E-state index contributed by atoms with van der Waals surface area (Å²) in [4.78, 5) is 11.5. The van der Waals surface area contributed by atoms with Crippen molar-refractivity contribution in [2.75, 3.05) is 0 Å². The molecule has 2 rings (SSSR count). The first-order valence-electron chi connectivity index (χ1n) is 6.11. The van der Waals surface area contributed by atoms with E-state index in [1.54, 1.807) is 17.1 Å². The van der Waals surface area contributed by atoms with Crippen molar-refractivity contribution in [2.45, 2.75) is 39.7 Å². The molecular weight excluding hydrogens is 246 g/mol. The van der Waals surface area contributed by atoms with Gasteiger partial charge >= 0.3 is 5.97 Å². The second-order valence-electron chi connectivity index (χ2n) is 5.38. The molecule has 2 aromatic rings. The zero-order valence-corrected chi connectivity index (χ0v) is 11.5. The van der Waals surface area contributed by atoms with E-state index in [-0.39, 0.29) is 5.56 Å². The molecule has 0 fully saturated rings. The van der Waals surface area contributed by atoms with Crippen LogP contribution in [0.2, 0.25) is 0 Å². The molecule has 102 valence electrons. The maximum atomic E-state index is 11.5. The van der Waals surface area contributed by atoms with E-state index < -0.39 is 11.4 Å². The average molecular weight is 263 g/mol. The van der Waals surface area contributed by atoms with E-state index in [4.69, 9.17) is 4.52 Å². The molecule has 0 atom stereocenters. The lowest BCUT2D eigenvalue weighted by Crippen LogP contribution is -2.15. The van der Waals surface area contributed by atoms with Crippen LogP contribution in [0.1, 0.15) is 43.8 Å². The highest BCUT2D eigenvalue weighted by molar-refractivity contribution is 5.96. The fourth-order valence-corrected chi connectivity index (χ4v) is 1.86. The van der Waals surface area contributed by atoms with Gasteiger partial charge in [0.1, 0.15) is 11.3 Å². The summed E-state index contributed by atoms with van der Waals surface area (Å²) < 4.78 is 6.97. The third kappa shape index (κ3) is 2.38. The van der Waals surface area contributed by atoms with E-state index >= 15 is 0 Å². The maximum Gasteiger partial charge on any atom is 0.341 e. The van der Waals surface area contributed by atoms with Crippen molar-refractivity contribution in [3.63, 3.8) is 0 Å². The van der Waals surface area contributed by atoms with Crippen LogP contribution in [-0.2, 0) is 12.0 Å². The van der Waals surface area contributed by atoms with Gasteiger partial charge in [-0.15, -0.1) is 0 Å². The summed E-state index contributed by atoms with van der Waals surface area (Å²) in [7, 11) is 0. The highest BCUT2D eigenvalue weighted by atomic mass is 16.5. The van der Waals surface area contributed by atoms with Crippen LogP contribution in [0.15, 0.2) is 16.9 Å². The minimum Gasteiger partial charge on any atom is -0.477 e. The molecule has 6 heteroatoms. The number of carboxylic acid groups (broad SMARTS) is 1. The maximum absolute atomic E-state index is 11.5. The first-order chi connectivity index (χ1) is 8.84. The summed E-state index contributed by atoms with van der Waals surface area (Å²) in [5.41, 5.74) is 0.679. The smallest absolute Gasteiger partial charge is 0.341 e. The standard InChI is InChI=1S/C13H17N3O3/c1-5-16-7-8(6-14-16)10-9(12(17)18)11(19-15-10)13(2,3)4/h6-7H,5H2,1-4H3,(H,17,18). The summed E-state index contributed by atoms with van der Waals surface area (Å²) in [6.07, 6.45) is 3.36. The Bertz CT molecular complexity index is 605. The van der Waals surface area contributed by atoms with Crippen LogP contribution in [0.25, 0.3) is 11.3 Å². The van der Waals surface area contributed by atoms with Crippen LogP contribution in [0.3, 0.4) is 0 Å². The molecule has 6 nitrogen and oxygen atoms in total. The Hall–Kier alpha value is -2.11. The van der Waals surface area contributed by atoms with Gasteiger partial charge in [0.15, 0.2) is 5.76 Å². The van der Waals surface area contributed by atoms with Crippen molar-refractivity contribution in [3.05, 3.63) is 23.7 Å². The Labute approximate surface area is 111 Å². The summed E-state index contributed by atoms with van der Waals surface area (Å²) in [5.74, 6) is -0.662. The molecule has 0 aliphatic carbocycles. The third-order valence-electron chi connectivity index (χ3n) is 2.82. The largest absolute Gasteiger partial charge is 0.477 e. The Balaban J connectivity index is 2.58. The Morgan fingerprint density at radius 2 is 2.16 bits per heavy atom. The fraction of sp³-hybridized carbons (Fsp3) is 0.462. The van der Waals surface area contributed by atoms with Crippen molar-refractivity contribution in [1.29, 1.82) is 0 Å². The van der Waals surface area contributed by atoms with Gasteiger partial charge in [-0.3, -0.25) is 4.68 Å². The van der Waals surface area contributed by atoms with Crippen molar-refractivity contribution in [1.82, 2.24) is 14.9 Å².